The molecule has 0 atom stereocenters. The van der Waals surface area contributed by atoms with Gasteiger partial charge < -0.3 is 8.61 Å². The Hall–Kier alpha value is -1.86. The lowest BCUT2D eigenvalue weighted by atomic mass is 10.1. The Morgan fingerprint density at radius 3 is 2.41 bits per heavy atom. The highest BCUT2D eigenvalue weighted by Crippen LogP contribution is 2.39. The van der Waals surface area contributed by atoms with Crippen LogP contribution in [0.25, 0.3) is 0 Å². The number of unbranched alkanes of at least 4 members (excludes halogenated alkanes) is 2. The summed E-state index contributed by atoms with van der Waals surface area (Å²) >= 11 is 0. The molecular formula is C22H33NO4SSi. The fourth-order valence-corrected chi connectivity index (χ4v) is 4.54. The monoisotopic (exact) mass is 435 g/mol. The number of hydrogen-bond acceptors (Lipinski definition) is 5. The summed E-state index contributed by atoms with van der Waals surface area (Å²) < 4.78 is 37.4. The Labute approximate surface area is 176 Å². The van der Waals surface area contributed by atoms with Crippen LogP contribution in [0.15, 0.2) is 47.6 Å². The highest BCUT2D eigenvalue weighted by Gasteiger charge is 2.39. The second-order valence-electron chi connectivity index (χ2n) is 8.82. The van der Waals surface area contributed by atoms with E-state index in [-0.39, 0.29) is 15.7 Å². The van der Waals surface area contributed by atoms with Gasteiger partial charge >= 0.3 is 10.1 Å². The SMILES string of the molecule is CCCCCc1ccc(S(=O)(=O)Oc2cccnc2)cc1O[Si](C)(C)C(C)(C)C. The fourth-order valence-electron chi connectivity index (χ4n) is 2.56. The van der Waals surface area contributed by atoms with Gasteiger partial charge in [-0.3, -0.25) is 4.98 Å². The summed E-state index contributed by atoms with van der Waals surface area (Å²) in [6.07, 6.45) is 7.11. The molecule has 7 heteroatoms. The van der Waals surface area contributed by atoms with Crippen molar-refractivity contribution in [2.45, 2.75) is 76.4 Å². The lowest BCUT2D eigenvalue weighted by Gasteiger charge is -2.37. The van der Waals surface area contributed by atoms with E-state index >= 15 is 0 Å². The molecule has 0 fully saturated rings. The van der Waals surface area contributed by atoms with Crippen LogP contribution in [0.2, 0.25) is 18.1 Å². The second-order valence-corrected chi connectivity index (χ2v) is 15.1. The summed E-state index contributed by atoms with van der Waals surface area (Å²) in [5, 5.41) is 0.00871. The van der Waals surface area contributed by atoms with Gasteiger partial charge in [0.05, 0.1) is 6.20 Å². The van der Waals surface area contributed by atoms with E-state index in [0.29, 0.717) is 5.75 Å². The highest BCUT2D eigenvalue weighted by atomic mass is 32.2. The normalized spacial score (nSPS) is 12.6. The smallest absolute Gasteiger partial charge is 0.339 e. The first-order valence-electron chi connectivity index (χ1n) is 10.1. The molecule has 160 valence electrons. The van der Waals surface area contributed by atoms with Crippen LogP contribution in [0.1, 0.15) is 52.5 Å². The van der Waals surface area contributed by atoms with E-state index < -0.39 is 18.4 Å². The number of aryl methyl sites for hydroxylation is 1. The van der Waals surface area contributed by atoms with Crippen molar-refractivity contribution >= 4 is 18.4 Å². The van der Waals surface area contributed by atoms with E-state index in [1.54, 1.807) is 30.5 Å². The van der Waals surface area contributed by atoms with E-state index in [0.717, 1.165) is 31.2 Å². The average molecular weight is 436 g/mol. The Morgan fingerprint density at radius 2 is 1.83 bits per heavy atom. The molecule has 0 radical (unpaired) electrons. The summed E-state index contributed by atoms with van der Waals surface area (Å²) in [6.45, 7) is 13.0. The molecule has 0 aliphatic rings. The molecule has 0 aliphatic carbocycles. The first-order valence-corrected chi connectivity index (χ1v) is 14.4. The van der Waals surface area contributed by atoms with Gasteiger partial charge in [0.2, 0.25) is 8.32 Å². The van der Waals surface area contributed by atoms with E-state index in [4.69, 9.17) is 8.61 Å². The molecule has 2 aromatic rings. The zero-order chi connectivity index (χ0) is 21.7. The standard InChI is InChI=1S/C22H33NO4SSi/c1-7-8-9-11-18-13-14-20(16-21(18)27-29(5,6)22(2,3)4)28(24,25)26-19-12-10-15-23-17-19/h10,12-17H,7-9,11H2,1-6H3. The predicted molar refractivity (Wildman–Crippen MR) is 120 cm³/mol. The average Bonchev–Trinajstić information content (AvgIpc) is 2.62. The summed E-state index contributed by atoms with van der Waals surface area (Å²) in [4.78, 5) is 3.99. The number of benzene rings is 1. The molecule has 5 nitrogen and oxygen atoms in total. The van der Waals surface area contributed by atoms with Crippen LogP contribution in [0.3, 0.4) is 0 Å². The number of nitrogens with zero attached hydrogens (tertiary/aromatic N) is 1. The van der Waals surface area contributed by atoms with E-state index in [2.05, 4.69) is 45.8 Å². The number of pyridine rings is 1. The number of hydrogen-bond donors (Lipinski definition) is 0. The molecule has 0 bridgehead atoms. The minimum Gasteiger partial charge on any atom is -0.543 e. The maximum Gasteiger partial charge on any atom is 0.339 e. The lowest BCUT2D eigenvalue weighted by molar-refractivity contribution is 0.475. The summed E-state index contributed by atoms with van der Waals surface area (Å²) in [7, 11) is -6.10. The van der Waals surface area contributed by atoms with Crippen molar-refractivity contribution in [2.75, 3.05) is 0 Å². The van der Waals surface area contributed by atoms with Gasteiger partial charge in [0, 0.05) is 12.3 Å². The van der Waals surface area contributed by atoms with Crippen LogP contribution >= 0.6 is 0 Å². The molecule has 29 heavy (non-hydrogen) atoms. The molecule has 2 rings (SSSR count). The van der Waals surface area contributed by atoms with Crippen LogP contribution < -0.4 is 8.61 Å². The van der Waals surface area contributed by atoms with Gasteiger partial charge in [0.15, 0.2) is 5.75 Å². The van der Waals surface area contributed by atoms with Crippen molar-refractivity contribution in [1.82, 2.24) is 4.98 Å². The van der Waals surface area contributed by atoms with Crippen LogP contribution in [0.5, 0.6) is 11.5 Å². The third kappa shape index (κ3) is 6.31. The second kappa shape index (κ2) is 9.30. The van der Waals surface area contributed by atoms with Crippen molar-refractivity contribution in [3.63, 3.8) is 0 Å². The lowest BCUT2D eigenvalue weighted by Crippen LogP contribution is -2.44. The van der Waals surface area contributed by atoms with Crippen LogP contribution in [-0.2, 0) is 16.5 Å². The van der Waals surface area contributed by atoms with Gasteiger partial charge in [0.25, 0.3) is 0 Å². The van der Waals surface area contributed by atoms with Crippen LogP contribution in [0, 0.1) is 0 Å². The zero-order valence-corrected chi connectivity index (χ0v) is 20.2. The number of rotatable bonds is 9. The quantitative estimate of drug-likeness (QED) is 0.276. The third-order valence-corrected chi connectivity index (χ3v) is 11.0. The molecule has 1 aromatic carbocycles. The first kappa shape index (κ1) is 23.4. The molecule has 1 aromatic heterocycles. The van der Waals surface area contributed by atoms with E-state index in [9.17, 15) is 8.42 Å². The van der Waals surface area contributed by atoms with E-state index in [1.807, 2.05) is 6.07 Å². The van der Waals surface area contributed by atoms with Crippen molar-refractivity contribution < 1.29 is 17.0 Å². The maximum absolute atomic E-state index is 12.8. The third-order valence-electron chi connectivity index (χ3n) is 5.39. The summed E-state index contributed by atoms with van der Waals surface area (Å²) in [5.41, 5.74) is 1.05. The molecule has 0 unspecified atom stereocenters. The highest BCUT2D eigenvalue weighted by molar-refractivity contribution is 7.87. The maximum atomic E-state index is 12.8. The predicted octanol–water partition coefficient (Wildman–Crippen LogP) is 5.97. The largest absolute Gasteiger partial charge is 0.543 e. The molecule has 0 saturated heterocycles. The van der Waals surface area contributed by atoms with Gasteiger partial charge in [-0.15, -0.1) is 0 Å². The topological polar surface area (TPSA) is 65.5 Å². The Kier molecular flexibility index (Phi) is 7.51. The summed E-state index contributed by atoms with van der Waals surface area (Å²) in [5.74, 6) is 0.843. The molecule has 0 N–H and O–H groups in total. The van der Waals surface area contributed by atoms with Crippen molar-refractivity contribution in [3.05, 3.63) is 48.3 Å². The summed E-state index contributed by atoms with van der Waals surface area (Å²) in [6, 6.07) is 8.28. The molecular weight excluding hydrogens is 402 g/mol. The molecule has 1 heterocycles. The minimum absolute atomic E-state index is 0.00871. The zero-order valence-electron chi connectivity index (χ0n) is 18.4. The Morgan fingerprint density at radius 1 is 1.10 bits per heavy atom. The van der Waals surface area contributed by atoms with E-state index in [1.165, 1.54) is 6.20 Å². The van der Waals surface area contributed by atoms with Crippen molar-refractivity contribution in [3.8, 4) is 11.5 Å². The Balaban J connectivity index is 2.40. The molecule has 0 saturated carbocycles. The van der Waals surface area contributed by atoms with Gasteiger partial charge in [-0.05, 0) is 54.7 Å². The van der Waals surface area contributed by atoms with Crippen LogP contribution in [0.4, 0.5) is 0 Å². The molecule has 0 spiro atoms. The fraction of sp³-hybridized carbons (Fsp3) is 0.500. The van der Waals surface area contributed by atoms with Crippen LogP contribution in [-0.4, -0.2) is 21.7 Å². The molecule has 0 amide bonds. The van der Waals surface area contributed by atoms with Gasteiger partial charge in [0.1, 0.15) is 10.6 Å². The van der Waals surface area contributed by atoms with Gasteiger partial charge in [-0.1, -0.05) is 46.6 Å². The first-order chi connectivity index (χ1) is 13.5. The van der Waals surface area contributed by atoms with Crippen molar-refractivity contribution in [2.24, 2.45) is 0 Å². The number of aromatic nitrogens is 1. The molecule has 0 aliphatic heterocycles. The minimum atomic E-state index is -3.97. The van der Waals surface area contributed by atoms with Crippen molar-refractivity contribution in [1.29, 1.82) is 0 Å². The Bertz CT molecular complexity index is 906. The van der Waals surface area contributed by atoms with Gasteiger partial charge in [-0.25, -0.2) is 0 Å². The van der Waals surface area contributed by atoms with Gasteiger partial charge in [-0.2, -0.15) is 8.42 Å².